The van der Waals surface area contributed by atoms with Crippen molar-refractivity contribution in [1.29, 1.82) is 0 Å². The molecular weight excluding hydrogens is 198 g/mol. The lowest BCUT2D eigenvalue weighted by molar-refractivity contribution is 0.558. The minimum atomic E-state index is 0.340. The van der Waals surface area contributed by atoms with Crippen LogP contribution in [0.25, 0.3) is 10.9 Å². The Bertz CT molecular complexity index is 462. The summed E-state index contributed by atoms with van der Waals surface area (Å²) in [6.07, 6.45) is 1.82. The summed E-state index contributed by atoms with van der Waals surface area (Å²) in [5, 5.41) is 4.60. The predicted octanol–water partition coefficient (Wildman–Crippen LogP) is 1.67. The third kappa shape index (κ3) is 2.38. The average molecular weight is 215 g/mol. The molecule has 0 aliphatic heterocycles. The van der Waals surface area contributed by atoms with Crippen LogP contribution in [0, 0.1) is 0 Å². The molecule has 2 rings (SSSR count). The third-order valence-corrected chi connectivity index (χ3v) is 2.73. The molecule has 2 aromatic rings. The first-order chi connectivity index (χ1) is 7.81. The molecule has 0 radical (unpaired) electrons. The third-order valence-electron chi connectivity index (χ3n) is 2.73. The van der Waals surface area contributed by atoms with Gasteiger partial charge in [0, 0.05) is 30.7 Å². The van der Waals surface area contributed by atoms with Crippen molar-refractivity contribution in [3.05, 3.63) is 42.1 Å². The molecule has 0 fully saturated rings. The van der Waals surface area contributed by atoms with E-state index in [1.807, 2.05) is 24.4 Å². The number of hydrogen-bond acceptors (Lipinski definition) is 3. The summed E-state index contributed by atoms with van der Waals surface area (Å²) < 4.78 is 0. The fourth-order valence-corrected chi connectivity index (χ4v) is 1.69. The first-order valence-electron chi connectivity index (χ1n) is 5.57. The summed E-state index contributed by atoms with van der Waals surface area (Å²) in [6, 6.07) is 10.6. The van der Waals surface area contributed by atoms with Gasteiger partial charge < -0.3 is 11.1 Å². The SMILES string of the molecule is CC(CN)NCc1cccc2ncccc12. The van der Waals surface area contributed by atoms with E-state index in [9.17, 15) is 0 Å². The zero-order valence-corrected chi connectivity index (χ0v) is 9.48. The van der Waals surface area contributed by atoms with Crippen molar-refractivity contribution >= 4 is 10.9 Å². The largest absolute Gasteiger partial charge is 0.329 e. The number of fused-ring (bicyclic) bond motifs is 1. The molecule has 3 N–H and O–H groups in total. The minimum absolute atomic E-state index is 0.340. The van der Waals surface area contributed by atoms with Crippen LogP contribution in [0.4, 0.5) is 0 Å². The predicted molar refractivity (Wildman–Crippen MR) is 67.1 cm³/mol. The van der Waals surface area contributed by atoms with Gasteiger partial charge in [-0.25, -0.2) is 0 Å². The van der Waals surface area contributed by atoms with Crippen molar-refractivity contribution < 1.29 is 0 Å². The number of nitrogens with zero attached hydrogens (tertiary/aromatic N) is 1. The van der Waals surface area contributed by atoms with Crippen LogP contribution < -0.4 is 11.1 Å². The molecule has 3 nitrogen and oxygen atoms in total. The van der Waals surface area contributed by atoms with Crippen LogP contribution >= 0.6 is 0 Å². The highest BCUT2D eigenvalue weighted by molar-refractivity contribution is 5.81. The molecule has 0 spiro atoms. The van der Waals surface area contributed by atoms with Gasteiger partial charge >= 0.3 is 0 Å². The van der Waals surface area contributed by atoms with Crippen LogP contribution in [-0.4, -0.2) is 17.6 Å². The fraction of sp³-hybridized carbons (Fsp3) is 0.308. The maximum atomic E-state index is 5.57. The van der Waals surface area contributed by atoms with Crippen LogP contribution in [0.15, 0.2) is 36.5 Å². The number of aromatic nitrogens is 1. The molecule has 0 aliphatic carbocycles. The van der Waals surface area contributed by atoms with Gasteiger partial charge in [-0.05, 0) is 24.6 Å². The van der Waals surface area contributed by atoms with E-state index in [0.717, 1.165) is 12.1 Å². The second-order valence-electron chi connectivity index (χ2n) is 4.00. The summed E-state index contributed by atoms with van der Waals surface area (Å²) in [5.74, 6) is 0. The van der Waals surface area contributed by atoms with E-state index in [-0.39, 0.29) is 0 Å². The smallest absolute Gasteiger partial charge is 0.0705 e. The van der Waals surface area contributed by atoms with Crippen molar-refractivity contribution in [2.75, 3.05) is 6.54 Å². The van der Waals surface area contributed by atoms with E-state index in [2.05, 4.69) is 29.4 Å². The first-order valence-corrected chi connectivity index (χ1v) is 5.57. The van der Waals surface area contributed by atoms with Crippen LogP contribution in [0.2, 0.25) is 0 Å². The molecule has 0 bridgehead atoms. The van der Waals surface area contributed by atoms with E-state index < -0.39 is 0 Å². The van der Waals surface area contributed by atoms with E-state index in [0.29, 0.717) is 12.6 Å². The molecule has 1 aromatic heterocycles. The Morgan fingerprint density at radius 3 is 3.00 bits per heavy atom. The van der Waals surface area contributed by atoms with Crippen molar-refractivity contribution in [3.8, 4) is 0 Å². The number of hydrogen-bond donors (Lipinski definition) is 2. The molecule has 0 amide bonds. The van der Waals surface area contributed by atoms with Gasteiger partial charge in [0.05, 0.1) is 5.52 Å². The maximum Gasteiger partial charge on any atom is 0.0705 e. The molecule has 1 aromatic carbocycles. The van der Waals surface area contributed by atoms with Gasteiger partial charge in [-0.1, -0.05) is 18.2 Å². The van der Waals surface area contributed by atoms with Crippen LogP contribution in [0.5, 0.6) is 0 Å². The lowest BCUT2D eigenvalue weighted by atomic mass is 10.1. The summed E-state index contributed by atoms with van der Waals surface area (Å²) in [5.41, 5.74) is 7.89. The fourth-order valence-electron chi connectivity index (χ4n) is 1.69. The molecule has 1 atom stereocenters. The Labute approximate surface area is 95.7 Å². The number of nitrogens with two attached hydrogens (primary N) is 1. The molecule has 84 valence electrons. The van der Waals surface area contributed by atoms with Gasteiger partial charge in [-0.3, -0.25) is 4.98 Å². The monoisotopic (exact) mass is 215 g/mol. The molecule has 0 saturated heterocycles. The molecule has 0 aliphatic rings. The van der Waals surface area contributed by atoms with Crippen LogP contribution in [0.3, 0.4) is 0 Å². The minimum Gasteiger partial charge on any atom is -0.329 e. The number of pyridine rings is 1. The second-order valence-corrected chi connectivity index (χ2v) is 4.00. The lowest BCUT2D eigenvalue weighted by Crippen LogP contribution is -2.32. The van der Waals surface area contributed by atoms with Crippen molar-refractivity contribution in [1.82, 2.24) is 10.3 Å². The molecule has 0 saturated carbocycles. The van der Waals surface area contributed by atoms with Gasteiger partial charge in [0.15, 0.2) is 0 Å². The molecule has 16 heavy (non-hydrogen) atoms. The van der Waals surface area contributed by atoms with Crippen molar-refractivity contribution in [2.45, 2.75) is 19.5 Å². The summed E-state index contributed by atoms with van der Waals surface area (Å²) in [4.78, 5) is 4.34. The van der Waals surface area contributed by atoms with Gasteiger partial charge in [-0.2, -0.15) is 0 Å². The van der Waals surface area contributed by atoms with E-state index >= 15 is 0 Å². The second kappa shape index (κ2) is 5.05. The number of rotatable bonds is 4. The normalized spacial score (nSPS) is 12.9. The highest BCUT2D eigenvalue weighted by Crippen LogP contribution is 2.16. The zero-order chi connectivity index (χ0) is 11.4. The Hall–Kier alpha value is -1.45. The summed E-state index contributed by atoms with van der Waals surface area (Å²) in [6.45, 7) is 3.58. The summed E-state index contributed by atoms with van der Waals surface area (Å²) in [7, 11) is 0. The maximum absolute atomic E-state index is 5.57. The Morgan fingerprint density at radius 1 is 1.31 bits per heavy atom. The Balaban J connectivity index is 2.23. The van der Waals surface area contributed by atoms with Gasteiger partial charge in [0.25, 0.3) is 0 Å². The highest BCUT2D eigenvalue weighted by Gasteiger charge is 2.02. The van der Waals surface area contributed by atoms with Crippen molar-refractivity contribution in [3.63, 3.8) is 0 Å². The molecule has 3 heteroatoms. The van der Waals surface area contributed by atoms with Gasteiger partial charge in [0.2, 0.25) is 0 Å². The number of nitrogens with one attached hydrogen (secondary N) is 1. The molecule has 1 unspecified atom stereocenters. The Kier molecular flexibility index (Phi) is 3.49. The van der Waals surface area contributed by atoms with E-state index in [4.69, 9.17) is 5.73 Å². The molecule has 1 heterocycles. The van der Waals surface area contributed by atoms with Gasteiger partial charge in [0.1, 0.15) is 0 Å². The quantitative estimate of drug-likeness (QED) is 0.815. The number of benzene rings is 1. The molecular formula is C13H17N3. The Morgan fingerprint density at radius 2 is 2.19 bits per heavy atom. The standard InChI is InChI=1S/C13H17N3/c1-10(8-14)16-9-11-4-2-6-13-12(11)5-3-7-15-13/h2-7,10,16H,8-9,14H2,1H3. The summed E-state index contributed by atoms with van der Waals surface area (Å²) >= 11 is 0. The van der Waals surface area contributed by atoms with Crippen LogP contribution in [0.1, 0.15) is 12.5 Å². The zero-order valence-electron chi connectivity index (χ0n) is 9.48. The van der Waals surface area contributed by atoms with Crippen LogP contribution in [-0.2, 0) is 6.54 Å². The van der Waals surface area contributed by atoms with E-state index in [1.165, 1.54) is 10.9 Å². The highest BCUT2D eigenvalue weighted by atomic mass is 14.9. The average Bonchev–Trinajstić information content (AvgIpc) is 2.35. The topological polar surface area (TPSA) is 50.9 Å². The van der Waals surface area contributed by atoms with Crippen molar-refractivity contribution in [2.24, 2.45) is 5.73 Å². The van der Waals surface area contributed by atoms with E-state index in [1.54, 1.807) is 0 Å². The lowest BCUT2D eigenvalue weighted by Gasteiger charge is -2.12. The van der Waals surface area contributed by atoms with Gasteiger partial charge in [-0.15, -0.1) is 0 Å². The first kappa shape index (κ1) is 11.0.